The van der Waals surface area contributed by atoms with Crippen molar-refractivity contribution in [2.24, 2.45) is 5.41 Å². The Bertz CT molecular complexity index is 255. The van der Waals surface area contributed by atoms with E-state index in [1.54, 1.807) is 0 Å². The molecule has 0 saturated carbocycles. The van der Waals surface area contributed by atoms with Crippen LogP contribution in [0.4, 0.5) is 0 Å². The van der Waals surface area contributed by atoms with Gasteiger partial charge in [0.25, 0.3) is 0 Å². The van der Waals surface area contributed by atoms with Crippen molar-refractivity contribution in [3.63, 3.8) is 0 Å². The van der Waals surface area contributed by atoms with Gasteiger partial charge in [-0.05, 0) is 43.1 Å². The molecule has 0 aromatic heterocycles. The molecular formula is C11H15KO. The molecule has 0 unspecified atom stereocenters. The smallest absolute Gasteiger partial charge is 0.875 e. The van der Waals surface area contributed by atoms with Gasteiger partial charge in [-0.15, -0.1) is 5.76 Å². The molecule has 0 saturated heterocycles. The van der Waals surface area contributed by atoms with Gasteiger partial charge in [-0.3, -0.25) is 0 Å². The minimum Gasteiger partial charge on any atom is -0.875 e. The average molecular weight is 202 g/mol. The van der Waals surface area contributed by atoms with Crippen LogP contribution < -0.4 is 56.5 Å². The molecule has 0 heterocycles. The fourth-order valence-electron chi connectivity index (χ4n) is 2.29. The van der Waals surface area contributed by atoms with E-state index in [-0.39, 0.29) is 51.4 Å². The minimum absolute atomic E-state index is 0. The van der Waals surface area contributed by atoms with Gasteiger partial charge in [0, 0.05) is 0 Å². The molecule has 0 aromatic carbocycles. The third kappa shape index (κ3) is 2.48. The summed E-state index contributed by atoms with van der Waals surface area (Å²) in [7, 11) is 0. The van der Waals surface area contributed by atoms with E-state index in [1.807, 2.05) is 6.08 Å². The van der Waals surface area contributed by atoms with Crippen molar-refractivity contribution in [1.29, 1.82) is 0 Å². The standard InChI is InChI=1S/C11H16O.K/c1-11-6-3-2-4-9(11)8-10(12)5-7-11;/h4,8,12H,2-3,5-7H2,1H3;/q;+1/p-1/t11-;/m0./s1. The van der Waals surface area contributed by atoms with Crippen LogP contribution in [0, 0.1) is 5.41 Å². The summed E-state index contributed by atoms with van der Waals surface area (Å²) in [4.78, 5) is 0. The van der Waals surface area contributed by atoms with Gasteiger partial charge in [0.05, 0.1) is 0 Å². The van der Waals surface area contributed by atoms with Crippen molar-refractivity contribution >= 4 is 0 Å². The topological polar surface area (TPSA) is 23.1 Å². The summed E-state index contributed by atoms with van der Waals surface area (Å²) < 4.78 is 0. The van der Waals surface area contributed by atoms with Crippen LogP contribution in [0.1, 0.15) is 39.0 Å². The third-order valence-corrected chi connectivity index (χ3v) is 3.23. The molecular weight excluding hydrogens is 187 g/mol. The molecule has 1 nitrogen and oxygen atoms in total. The Morgan fingerprint density at radius 2 is 2.15 bits per heavy atom. The molecule has 0 radical (unpaired) electrons. The second kappa shape index (κ2) is 4.62. The SMILES string of the molecule is C[C@@]12CCCC=C1C=C([O-])CC2.[K+]. The summed E-state index contributed by atoms with van der Waals surface area (Å²) in [6, 6.07) is 0. The van der Waals surface area contributed by atoms with Crippen molar-refractivity contribution in [3.05, 3.63) is 23.5 Å². The van der Waals surface area contributed by atoms with Gasteiger partial charge >= 0.3 is 51.4 Å². The summed E-state index contributed by atoms with van der Waals surface area (Å²) >= 11 is 0. The summed E-state index contributed by atoms with van der Waals surface area (Å²) in [5.74, 6) is 0.320. The maximum Gasteiger partial charge on any atom is 1.00 e. The van der Waals surface area contributed by atoms with Gasteiger partial charge in [-0.25, -0.2) is 0 Å². The molecule has 13 heavy (non-hydrogen) atoms. The molecule has 2 aliphatic carbocycles. The van der Waals surface area contributed by atoms with E-state index >= 15 is 0 Å². The first-order chi connectivity index (χ1) is 5.71. The van der Waals surface area contributed by atoms with Crippen molar-refractivity contribution in [2.75, 3.05) is 0 Å². The van der Waals surface area contributed by atoms with Crippen LogP contribution in [0.5, 0.6) is 0 Å². The van der Waals surface area contributed by atoms with Crippen molar-refractivity contribution in [2.45, 2.75) is 39.0 Å². The summed E-state index contributed by atoms with van der Waals surface area (Å²) in [6.07, 6.45) is 9.66. The monoisotopic (exact) mass is 202 g/mol. The van der Waals surface area contributed by atoms with E-state index in [0.29, 0.717) is 11.2 Å². The van der Waals surface area contributed by atoms with Gasteiger partial charge in [0.2, 0.25) is 0 Å². The predicted molar refractivity (Wildman–Crippen MR) is 47.4 cm³/mol. The Kier molecular flexibility index (Phi) is 4.26. The number of fused-ring (bicyclic) bond motifs is 1. The third-order valence-electron chi connectivity index (χ3n) is 3.23. The van der Waals surface area contributed by atoms with Crippen LogP contribution in [-0.2, 0) is 0 Å². The molecule has 2 aliphatic rings. The number of allylic oxidation sites excluding steroid dienone is 4. The normalized spacial score (nSPS) is 32.4. The molecule has 0 amide bonds. The quantitative estimate of drug-likeness (QED) is 0.469. The van der Waals surface area contributed by atoms with Gasteiger partial charge in [0.15, 0.2) is 0 Å². The first-order valence-corrected chi connectivity index (χ1v) is 4.79. The van der Waals surface area contributed by atoms with E-state index in [0.717, 1.165) is 19.3 Å². The molecule has 66 valence electrons. The Morgan fingerprint density at radius 1 is 1.38 bits per heavy atom. The Balaban J connectivity index is 0.000000845. The molecule has 2 rings (SSSR count). The Hall–Kier alpha value is 0.916. The summed E-state index contributed by atoms with van der Waals surface area (Å²) in [6.45, 7) is 2.29. The number of hydrogen-bond acceptors (Lipinski definition) is 1. The fourth-order valence-corrected chi connectivity index (χ4v) is 2.29. The van der Waals surface area contributed by atoms with Crippen LogP contribution in [0.25, 0.3) is 0 Å². The van der Waals surface area contributed by atoms with E-state index < -0.39 is 0 Å². The van der Waals surface area contributed by atoms with Gasteiger partial charge < -0.3 is 5.11 Å². The zero-order valence-electron chi connectivity index (χ0n) is 8.60. The Labute approximate surface area is 123 Å². The van der Waals surface area contributed by atoms with Crippen molar-refractivity contribution in [1.82, 2.24) is 0 Å². The van der Waals surface area contributed by atoms with Crippen LogP contribution in [-0.4, -0.2) is 0 Å². The average Bonchev–Trinajstić information content (AvgIpc) is 2.06. The van der Waals surface area contributed by atoms with E-state index in [1.165, 1.54) is 18.4 Å². The number of rotatable bonds is 0. The maximum atomic E-state index is 11.2. The van der Waals surface area contributed by atoms with Crippen LogP contribution >= 0.6 is 0 Å². The van der Waals surface area contributed by atoms with Crippen LogP contribution in [0.3, 0.4) is 0 Å². The predicted octanol–water partition coefficient (Wildman–Crippen LogP) is -0.855. The molecule has 2 heteroatoms. The number of hydrogen-bond donors (Lipinski definition) is 0. The van der Waals surface area contributed by atoms with Gasteiger partial charge in [-0.1, -0.05) is 19.1 Å². The fraction of sp³-hybridized carbons (Fsp3) is 0.636. The molecule has 0 aliphatic heterocycles. The first kappa shape index (κ1) is 12.0. The molecule has 0 N–H and O–H groups in total. The summed E-state index contributed by atoms with van der Waals surface area (Å²) in [5.41, 5.74) is 1.65. The van der Waals surface area contributed by atoms with E-state index in [4.69, 9.17) is 0 Å². The molecule has 1 atom stereocenters. The zero-order chi connectivity index (χ0) is 8.60. The maximum absolute atomic E-state index is 11.2. The second-order valence-electron chi connectivity index (χ2n) is 4.22. The zero-order valence-corrected chi connectivity index (χ0v) is 11.7. The van der Waals surface area contributed by atoms with Gasteiger partial charge in [0.1, 0.15) is 0 Å². The van der Waals surface area contributed by atoms with E-state index in [2.05, 4.69) is 13.0 Å². The molecule has 0 fully saturated rings. The largest absolute Gasteiger partial charge is 1.00 e. The minimum atomic E-state index is 0. The molecule has 0 aromatic rings. The van der Waals surface area contributed by atoms with Crippen molar-refractivity contribution < 1.29 is 56.5 Å². The molecule has 0 spiro atoms. The Morgan fingerprint density at radius 3 is 2.92 bits per heavy atom. The first-order valence-electron chi connectivity index (χ1n) is 4.79. The summed E-state index contributed by atoms with van der Waals surface area (Å²) in [5, 5.41) is 11.2. The van der Waals surface area contributed by atoms with E-state index in [9.17, 15) is 5.11 Å². The van der Waals surface area contributed by atoms with Crippen molar-refractivity contribution in [3.8, 4) is 0 Å². The van der Waals surface area contributed by atoms with Gasteiger partial charge in [-0.2, -0.15) is 0 Å². The molecule has 0 bridgehead atoms. The van der Waals surface area contributed by atoms with Crippen LogP contribution in [0.15, 0.2) is 23.5 Å². The second-order valence-corrected chi connectivity index (χ2v) is 4.22. The van der Waals surface area contributed by atoms with Crippen LogP contribution in [0.2, 0.25) is 0 Å².